The van der Waals surface area contributed by atoms with Crippen molar-refractivity contribution in [2.24, 2.45) is 5.92 Å². The standard InChI is InChI=1S/C33H34N2O4/c1-35-17-15-33-19-26(37)11-13-28(33)29(35)18-25-10-12-27(31(38)30(25)33)32(39)34-16-14-21-2-6-23(7-3-21)24-8-4-22(20-36)5-9-24/h2-13,20,26,28-29,37-38H,14-19H2,1H3,(H,34,39)/t26-,28-,29?,33?/m0/s1. The molecule has 200 valence electrons. The highest BCUT2D eigenvalue weighted by molar-refractivity contribution is 5.97. The van der Waals surface area contributed by atoms with Crippen molar-refractivity contribution in [3.63, 3.8) is 0 Å². The summed E-state index contributed by atoms with van der Waals surface area (Å²) in [5, 5.41) is 25.1. The highest BCUT2D eigenvalue weighted by Gasteiger charge is 2.54. The normalized spacial score (nSPS) is 25.4. The highest BCUT2D eigenvalue weighted by atomic mass is 16.3. The van der Waals surface area contributed by atoms with Crippen LogP contribution in [0.5, 0.6) is 5.75 Å². The van der Waals surface area contributed by atoms with Gasteiger partial charge in [0.2, 0.25) is 0 Å². The molecular formula is C33H34N2O4. The number of phenols is 1. The van der Waals surface area contributed by atoms with Gasteiger partial charge in [0, 0.05) is 35.0 Å². The number of nitrogens with one attached hydrogen (secondary N) is 1. The molecule has 6 nitrogen and oxygen atoms in total. The fourth-order valence-corrected chi connectivity index (χ4v) is 7.07. The van der Waals surface area contributed by atoms with Gasteiger partial charge in [-0.1, -0.05) is 66.7 Å². The number of amides is 1. The smallest absolute Gasteiger partial charge is 0.255 e. The van der Waals surface area contributed by atoms with Crippen LogP contribution < -0.4 is 5.32 Å². The molecule has 1 fully saturated rings. The second-order valence-corrected chi connectivity index (χ2v) is 11.3. The average Bonchev–Trinajstić information content (AvgIpc) is 2.95. The molecule has 6 heteroatoms. The Bertz CT molecular complexity index is 1430. The Morgan fingerprint density at radius 2 is 1.77 bits per heavy atom. The predicted molar refractivity (Wildman–Crippen MR) is 151 cm³/mol. The van der Waals surface area contributed by atoms with Gasteiger partial charge in [0.25, 0.3) is 5.91 Å². The Balaban J connectivity index is 1.16. The van der Waals surface area contributed by atoms with Crippen LogP contribution in [0.2, 0.25) is 0 Å². The zero-order valence-corrected chi connectivity index (χ0v) is 22.1. The third-order valence-corrected chi connectivity index (χ3v) is 9.11. The van der Waals surface area contributed by atoms with Gasteiger partial charge in [-0.15, -0.1) is 0 Å². The van der Waals surface area contributed by atoms with Crippen molar-refractivity contribution in [2.45, 2.75) is 43.2 Å². The average molecular weight is 523 g/mol. The molecule has 3 aliphatic rings. The minimum Gasteiger partial charge on any atom is -0.507 e. The molecule has 0 spiro atoms. The maximum atomic E-state index is 13.2. The van der Waals surface area contributed by atoms with Crippen LogP contribution in [0.15, 0.2) is 72.8 Å². The van der Waals surface area contributed by atoms with E-state index >= 15 is 0 Å². The predicted octanol–water partition coefficient (Wildman–Crippen LogP) is 4.28. The first-order chi connectivity index (χ1) is 18.9. The van der Waals surface area contributed by atoms with E-state index in [-0.39, 0.29) is 23.0 Å². The van der Waals surface area contributed by atoms with Gasteiger partial charge < -0.3 is 20.4 Å². The number of aromatic hydroxyl groups is 1. The maximum absolute atomic E-state index is 13.2. The van der Waals surface area contributed by atoms with Gasteiger partial charge in [0.15, 0.2) is 0 Å². The topological polar surface area (TPSA) is 89.9 Å². The van der Waals surface area contributed by atoms with Gasteiger partial charge in [-0.3, -0.25) is 9.59 Å². The highest BCUT2D eigenvalue weighted by Crippen LogP contribution is 2.56. The molecule has 39 heavy (non-hydrogen) atoms. The Labute approximate surface area is 229 Å². The molecule has 3 N–H and O–H groups in total. The number of aldehydes is 1. The van der Waals surface area contributed by atoms with Crippen molar-refractivity contribution >= 4 is 12.2 Å². The Hall–Kier alpha value is -3.74. The lowest BCUT2D eigenvalue weighted by Crippen LogP contribution is -2.60. The summed E-state index contributed by atoms with van der Waals surface area (Å²) in [4.78, 5) is 26.5. The van der Waals surface area contributed by atoms with E-state index in [9.17, 15) is 19.8 Å². The summed E-state index contributed by atoms with van der Waals surface area (Å²) >= 11 is 0. The largest absolute Gasteiger partial charge is 0.507 e. The number of aliphatic hydroxyl groups is 1. The summed E-state index contributed by atoms with van der Waals surface area (Å²) in [6.07, 6.45) is 7.22. The number of carbonyl (C=O) groups is 2. The second-order valence-electron chi connectivity index (χ2n) is 11.3. The van der Waals surface area contributed by atoms with Gasteiger partial charge in [-0.25, -0.2) is 0 Å². The summed E-state index contributed by atoms with van der Waals surface area (Å²) in [5.41, 5.74) is 5.76. The van der Waals surface area contributed by atoms with Crippen molar-refractivity contribution in [3.8, 4) is 16.9 Å². The quantitative estimate of drug-likeness (QED) is 0.332. The van der Waals surface area contributed by atoms with Gasteiger partial charge in [0.05, 0.1) is 11.7 Å². The number of piperidine rings is 1. The first-order valence-corrected chi connectivity index (χ1v) is 13.7. The number of benzene rings is 3. The fraction of sp³-hybridized carbons (Fsp3) is 0.333. The van der Waals surface area contributed by atoms with Crippen molar-refractivity contribution in [1.82, 2.24) is 10.2 Å². The molecule has 0 radical (unpaired) electrons. The minimum atomic E-state index is -0.546. The fourth-order valence-electron chi connectivity index (χ4n) is 7.07. The third-order valence-electron chi connectivity index (χ3n) is 9.11. The number of rotatable bonds is 6. The van der Waals surface area contributed by atoms with Crippen molar-refractivity contribution in [3.05, 3.63) is 101 Å². The maximum Gasteiger partial charge on any atom is 0.255 e. The molecule has 0 aromatic heterocycles. The van der Waals surface area contributed by atoms with Gasteiger partial charge >= 0.3 is 0 Å². The molecule has 1 saturated heterocycles. The lowest BCUT2D eigenvalue weighted by atomic mass is 9.53. The van der Waals surface area contributed by atoms with Crippen LogP contribution in [0.4, 0.5) is 0 Å². The number of hydrogen-bond donors (Lipinski definition) is 3. The van der Waals surface area contributed by atoms with Crippen LogP contribution in [0.3, 0.4) is 0 Å². The van der Waals surface area contributed by atoms with Crippen LogP contribution in [0.25, 0.3) is 11.1 Å². The molecule has 3 aromatic carbocycles. The molecule has 2 bridgehead atoms. The lowest BCUT2D eigenvalue weighted by Gasteiger charge is -2.57. The molecule has 3 aromatic rings. The van der Waals surface area contributed by atoms with E-state index in [4.69, 9.17) is 0 Å². The third kappa shape index (κ3) is 4.48. The molecule has 6 rings (SSSR count). The number of hydrogen-bond acceptors (Lipinski definition) is 5. The van der Waals surface area contributed by atoms with Crippen LogP contribution in [0, 0.1) is 5.92 Å². The minimum absolute atomic E-state index is 0.0745. The first kappa shape index (κ1) is 25.5. The van der Waals surface area contributed by atoms with E-state index in [0.29, 0.717) is 36.6 Å². The van der Waals surface area contributed by atoms with Crippen molar-refractivity contribution in [1.29, 1.82) is 0 Å². The Kier molecular flexibility index (Phi) is 6.61. The van der Waals surface area contributed by atoms with Gasteiger partial charge in [-0.2, -0.15) is 0 Å². The second kappa shape index (κ2) is 10.1. The summed E-state index contributed by atoms with van der Waals surface area (Å²) in [6.45, 7) is 1.35. The molecular weight excluding hydrogens is 488 g/mol. The molecule has 4 atom stereocenters. The summed E-state index contributed by atoms with van der Waals surface area (Å²) in [5.74, 6) is 0.00447. The van der Waals surface area contributed by atoms with E-state index in [1.54, 1.807) is 18.2 Å². The number of likely N-dealkylation sites (tertiary alicyclic amines) is 1. The van der Waals surface area contributed by atoms with Crippen LogP contribution >= 0.6 is 0 Å². The monoisotopic (exact) mass is 522 g/mol. The summed E-state index contributed by atoms with van der Waals surface area (Å²) in [6, 6.07) is 19.7. The number of aliphatic hydroxyl groups excluding tert-OH is 1. The van der Waals surface area contributed by atoms with Crippen molar-refractivity contribution in [2.75, 3.05) is 20.1 Å². The Morgan fingerprint density at radius 1 is 1.05 bits per heavy atom. The van der Waals surface area contributed by atoms with Crippen LogP contribution in [0.1, 0.15) is 50.2 Å². The molecule has 2 unspecified atom stereocenters. The van der Waals surface area contributed by atoms with E-state index in [2.05, 4.69) is 23.3 Å². The SMILES string of the molecule is CN1CCC23C[C@@H](O)C=C[C@H]2C1Cc1ccc(C(=O)NCCc2ccc(-c4ccc(C=O)cc4)cc2)c(O)c13. The van der Waals surface area contributed by atoms with E-state index < -0.39 is 6.10 Å². The first-order valence-electron chi connectivity index (χ1n) is 13.7. The molecule has 1 aliphatic heterocycles. The number of likely N-dealkylation sites (N-methyl/N-ethyl adjacent to an activating group) is 1. The van der Waals surface area contributed by atoms with Crippen molar-refractivity contribution < 1.29 is 19.8 Å². The number of nitrogens with zero attached hydrogens (tertiary/aromatic N) is 1. The zero-order chi connectivity index (χ0) is 27.1. The lowest BCUT2D eigenvalue weighted by molar-refractivity contribution is 0.0195. The van der Waals surface area contributed by atoms with Gasteiger partial charge in [0.1, 0.15) is 12.0 Å². The number of carbonyl (C=O) groups excluding carboxylic acids is 2. The van der Waals surface area contributed by atoms with Crippen LogP contribution in [-0.4, -0.2) is 59.6 Å². The number of phenolic OH excluding ortho intramolecular Hbond substituents is 1. The summed E-state index contributed by atoms with van der Waals surface area (Å²) < 4.78 is 0. The van der Waals surface area contributed by atoms with E-state index in [1.165, 1.54) is 0 Å². The van der Waals surface area contributed by atoms with Gasteiger partial charge in [-0.05, 0) is 67.6 Å². The molecule has 1 heterocycles. The Morgan fingerprint density at radius 3 is 2.49 bits per heavy atom. The molecule has 1 amide bonds. The zero-order valence-electron chi connectivity index (χ0n) is 22.1. The van der Waals surface area contributed by atoms with E-state index in [1.807, 2.05) is 48.5 Å². The number of fused-ring (bicyclic) bond motifs is 1. The van der Waals surface area contributed by atoms with E-state index in [0.717, 1.165) is 53.5 Å². The molecule has 2 aliphatic carbocycles. The van der Waals surface area contributed by atoms with Crippen LogP contribution in [-0.2, 0) is 18.3 Å². The summed E-state index contributed by atoms with van der Waals surface area (Å²) in [7, 11) is 2.15. The molecule has 0 saturated carbocycles.